The highest BCUT2D eigenvalue weighted by atomic mass is 16.5. The van der Waals surface area contributed by atoms with Crippen molar-refractivity contribution >= 4 is 0 Å². The predicted octanol–water partition coefficient (Wildman–Crippen LogP) is 0.322. The molecule has 1 unspecified atom stereocenters. The van der Waals surface area contributed by atoms with Gasteiger partial charge in [-0.15, -0.1) is 0 Å². The van der Waals surface area contributed by atoms with Gasteiger partial charge >= 0.3 is 0 Å². The molecule has 0 bridgehead atoms. The molecular weight excluding hydrogens is 152 g/mol. The van der Waals surface area contributed by atoms with Crippen LogP contribution in [0.3, 0.4) is 0 Å². The lowest BCUT2D eigenvalue weighted by Gasteiger charge is -2.24. The van der Waals surface area contributed by atoms with E-state index in [9.17, 15) is 0 Å². The van der Waals surface area contributed by atoms with E-state index in [1.165, 1.54) is 32.4 Å². The third kappa shape index (κ3) is 2.19. The first-order valence-corrected chi connectivity index (χ1v) is 5.01. The number of hydrogen-bond donors (Lipinski definition) is 2. The van der Waals surface area contributed by atoms with E-state index in [0.717, 1.165) is 19.1 Å². The normalized spacial score (nSPS) is 32.5. The molecule has 0 amide bonds. The Hall–Kier alpha value is -0.120. The van der Waals surface area contributed by atoms with Crippen LogP contribution in [0.5, 0.6) is 0 Å². The number of piperidine rings is 1. The molecule has 3 heteroatoms. The van der Waals surface area contributed by atoms with Gasteiger partial charge in [0, 0.05) is 6.54 Å². The van der Waals surface area contributed by atoms with Gasteiger partial charge in [0.25, 0.3) is 0 Å². The highest BCUT2D eigenvalue weighted by Gasteiger charge is 2.21. The van der Waals surface area contributed by atoms with Crippen molar-refractivity contribution in [2.24, 2.45) is 5.92 Å². The Morgan fingerprint density at radius 1 is 1.17 bits per heavy atom. The van der Waals surface area contributed by atoms with E-state index in [0.29, 0.717) is 6.23 Å². The molecule has 2 aliphatic rings. The summed E-state index contributed by atoms with van der Waals surface area (Å²) >= 11 is 0. The fraction of sp³-hybridized carbons (Fsp3) is 1.00. The Morgan fingerprint density at radius 2 is 2.00 bits per heavy atom. The molecule has 2 heterocycles. The van der Waals surface area contributed by atoms with Crippen molar-refractivity contribution in [3.05, 3.63) is 0 Å². The average molecular weight is 170 g/mol. The summed E-state index contributed by atoms with van der Waals surface area (Å²) in [4.78, 5) is 0. The summed E-state index contributed by atoms with van der Waals surface area (Å²) in [6, 6.07) is 0. The van der Waals surface area contributed by atoms with E-state index in [4.69, 9.17) is 4.74 Å². The van der Waals surface area contributed by atoms with Crippen molar-refractivity contribution in [1.82, 2.24) is 10.6 Å². The highest BCUT2D eigenvalue weighted by molar-refractivity contribution is 4.73. The first kappa shape index (κ1) is 8.48. The van der Waals surface area contributed by atoms with Crippen molar-refractivity contribution < 1.29 is 4.74 Å². The van der Waals surface area contributed by atoms with Gasteiger partial charge in [-0.3, -0.25) is 5.32 Å². The van der Waals surface area contributed by atoms with Gasteiger partial charge in [-0.1, -0.05) is 0 Å². The Morgan fingerprint density at radius 3 is 2.67 bits per heavy atom. The van der Waals surface area contributed by atoms with Gasteiger partial charge in [0.15, 0.2) is 0 Å². The standard InChI is InChI=1S/C9H18N2O/c1-3-10-4-2-8(1)7-9-11-5-6-12-9/h8-11H,1-7H2. The smallest absolute Gasteiger partial charge is 0.108 e. The lowest BCUT2D eigenvalue weighted by molar-refractivity contribution is 0.0745. The third-order valence-electron chi connectivity index (χ3n) is 2.80. The lowest BCUT2D eigenvalue weighted by atomic mass is 9.94. The summed E-state index contributed by atoms with van der Waals surface area (Å²) in [7, 11) is 0. The summed E-state index contributed by atoms with van der Waals surface area (Å²) in [6.07, 6.45) is 4.21. The van der Waals surface area contributed by atoms with Gasteiger partial charge in [-0.05, 0) is 38.3 Å². The van der Waals surface area contributed by atoms with Crippen LogP contribution in [0.25, 0.3) is 0 Å². The van der Waals surface area contributed by atoms with Crippen LogP contribution >= 0.6 is 0 Å². The van der Waals surface area contributed by atoms with Crippen molar-refractivity contribution in [3.63, 3.8) is 0 Å². The van der Waals surface area contributed by atoms with Gasteiger partial charge in [-0.2, -0.15) is 0 Å². The number of hydrogen-bond acceptors (Lipinski definition) is 3. The lowest BCUT2D eigenvalue weighted by Crippen LogP contribution is -2.32. The topological polar surface area (TPSA) is 33.3 Å². The van der Waals surface area contributed by atoms with Gasteiger partial charge in [0.1, 0.15) is 6.23 Å². The van der Waals surface area contributed by atoms with E-state index < -0.39 is 0 Å². The van der Waals surface area contributed by atoms with Gasteiger partial charge in [0.2, 0.25) is 0 Å². The summed E-state index contributed by atoms with van der Waals surface area (Å²) in [5.41, 5.74) is 0. The number of ether oxygens (including phenoxy) is 1. The largest absolute Gasteiger partial charge is 0.362 e. The Balaban J connectivity index is 1.69. The van der Waals surface area contributed by atoms with Gasteiger partial charge in [-0.25, -0.2) is 0 Å². The minimum absolute atomic E-state index is 0.355. The first-order chi connectivity index (χ1) is 5.95. The third-order valence-corrected chi connectivity index (χ3v) is 2.80. The highest BCUT2D eigenvalue weighted by Crippen LogP contribution is 2.19. The van der Waals surface area contributed by atoms with Crippen LogP contribution in [0.1, 0.15) is 19.3 Å². The van der Waals surface area contributed by atoms with Gasteiger partial charge in [0.05, 0.1) is 6.61 Å². The zero-order valence-electron chi connectivity index (χ0n) is 7.51. The van der Waals surface area contributed by atoms with Crippen LogP contribution in [0.2, 0.25) is 0 Å². The molecule has 2 rings (SSSR count). The molecule has 3 nitrogen and oxygen atoms in total. The predicted molar refractivity (Wildman–Crippen MR) is 48.0 cm³/mol. The summed E-state index contributed by atoms with van der Waals surface area (Å²) in [5.74, 6) is 0.877. The molecule has 1 atom stereocenters. The second-order valence-electron chi connectivity index (χ2n) is 3.74. The Bertz CT molecular complexity index is 128. The SMILES string of the molecule is C1CC(CC2NCCO2)CCN1. The van der Waals surface area contributed by atoms with Crippen molar-refractivity contribution in [3.8, 4) is 0 Å². The van der Waals surface area contributed by atoms with Crippen molar-refractivity contribution in [1.29, 1.82) is 0 Å². The van der Waals surface area contributed by atoms with Crippen molar-refractivity contribution in [2.45, 2.75) is 25.5 Å². The molecule has 0 aromatic carbocycles. The Labute approximate surface area is 73.9 Å². The second kappa shape index (κ2) is 4.21. The zero-order chi connectivity index (χ0) is 8.23. The van der Waals surface area contributed by atoms with Crippen LogP contribution in [0.4, 0.5) is 0 Å². The maximum atomic E-state index is 5.52. The minimum atomic E-state index is 0.355. The molecule has 0 radical (unpaired) electrons. The van der Waals surface area contributed by atoms with Crippen LogP contribution in [0.15, 0.2) is 0 Å². The molecule has 70 valence electrons. The number of nitrogens with one attached hydrogen (secondary N) is 2. The van der Waals surface area contributed by atoms with Crippen LogP contribution < -0.4 is 10.6 Å². The molecule has 12 heavy (non-hydrogen) atoms. The van der Waals surface area contributed by atoms with E-state index in [1.54, 1.807) is 0 Å². The molecule has 0 spiro atoms. The molecule has 0 aliphatic carbocycles. The molecular formula is C9H18N2O. The molecule has 0 aromatic heterocycles. The van der Waals surface area contributed by atoms with Gasteiger partial charge < -0.3 is 10.1 Å². The summed E-state index contributed by atoms with van der Waals surface area (Å²) in [6.45, 7) is 4.32. The maximum Gasteiger partial charge on any atom is 0.108 e. The monoisotopic (exact) mass is 170 g/mol. The molecule has 0 aromatic rings. The zero-order valence-corrected chi connectivity index (χ0v) is 7.51. The first-order valence-electron chi connectivity index (χ1n) is 5.01. The average Bonchev–Trinajstić information content (AvgIpc) is 2.59. The summed E-state index contributed by atoms with van der Waals surface area (Å²) in [5, 5.41) is 6.74. The fourth-order valence-corrected chi connectivity index (χ4v) is 2.05. The molecule has 0 saturated carbocycles. The molecule has 2 saturated heterocycles. The summed E-state index contributed by atoms with van der Waals surface area (Å²) < 4.78 is 5.52. The second-order valence-corrected chi connectivity index (χ2v) is 3.74. The van der Waals surface area contributed by atoms with Crippen LogP contribution in [-0.4, -0.2) is 32.5 Å². The minimum Gasteiger partial charge on any atom is -0.362 e. The van der Waals surface area contributed by atoms with E-state index in [1.807, 2.05) is 0 Å². The van der Waals surface area contributed by atoms with Crippen molar-refractivity contribution in [2.75, 3.05) is 26.2 Å². The molecule has 2 N–H and O–H groups in total. The van der Waals surface area contributed by atoms with Crippen LogP contribution in [-0.2, 0) is 4.74 Å². The molecule has 2 fully saturated rings. The Kier molecular flexibility index (Phi) is 2.98. The number of rotatable bonds is 2. The van der Waals surface area contributed by atoms with E-state index in [2.05, 4.69) is 10.6 Å². The molecule has 2 aliphatic heterocycles. The maximum absolute atomic E-state index is 5.52. The van der Waals surface area contributed by atoms with Crippen LogP contribution in [0, 0.1) is 5.92 Å². The quantitative estimate of drug-likeness (QED) is 0.626. The van der Waals surface area contributed by atoms with E-state index in [-0.39, 0.29) is 0 Å². The fourth-order valence-electron chi connectivity index (χ4n) is 2.05. The van der Waals surface area contributed by atoms with E-state index >= 15 is 0 Å².